The zero-order valence-corrected chi connectivity index (χ0v) is 19.7. The van der Waals surface area contributed by atoms with E-state index in [1.807, 2.05) is 0 Å². The maximum absolute atomic E-state index is 6.44. The zero-order chi connectivity index (χ0) is 21.9. The summed E-state index contributed by atoms with van der Waals surface area (Å²) in [7, 11) is 3.88. The summed E-state index contributed by atoms with van der Waals surface area (Å²) in [4.78, 5) is 2.22. The topological polar surface area (TPSA) is 21.7 Å². The first-order valence-electron chi connectivity index (χ1n) is 11.0. The van der Waals surface area contributed by atoms with Gasteiger partial charge in [0, 0.05) is 6.54 Å². The predicted molar refractivity (Wildman–Crippen MR) is 128 cm³/mol. The third-order valence-corrected chi connectivity index (χ3v) is 6.39. The van der Waals surface area contributed by atoms with E-state index in [0.717, 1.165) is 19.4 Å². The van der Waals surface area contributed by atoms with Gasteiger partial charge in [0.15, 0.2) is 0 Å². The molecule has 3 rings (SSSR count). The van der Waals surface area contributed by atoms with Gasteiger partial charge in [0.25, 0.3) is 0 Å². The van der Waals surface area contributed by atoms with Gasteiger partial charge in [-0.3, -0.25) is 0 Å². The molecule has 0 saturated carbocycles. The molecule has 1 fully saturated rings. The van der Waals surface area contributed by atoms with Gasteiger partial charge in [-0.05, 0) is 82.4 Å². The molecule has 1 heterocycles. The summed E-state index contributed by atoms with van der Waals surface area (Å²) in [5.74, 6) is 0. The number of hydrogen-bond acceptors (Lipinski definition) is 3. The monoisotopic (exact) mass is 405 g/mol. The quantitative estimate of drug-likeness (QED) is 0.557. The molecule has 0 amide bonds. The first-order chi connectivity index (χ1) is 14.1. The Morgan fingerprint density at radius 2 is 1.37 bits per heavy atom. The third-order valence-electron chi connectivity index (χ3n) is 6.39. The van der Waals surface area contributed by atoms with E-state index in [1.165, 1.54) is 27.7 Å². The predicted octanol–water partition coefficient (Wildman–Crippen LogP) is 5.63. The van der Waals surface area contributed by atoms with E-state index in [4.69, 9.17) is 9.31 Å². The fourth-order valence-electron chi connectivity index (χ4n) is 3.78. The number of hydrogen-bond donors (Lipinski definition) is 0. The van der Waals surface area contributed by atoms with E-state index in [1.54, 1.807) is 0 Å². The first kappa shape index (κ1) is 22.8. The van der Waals surface area contributed by atoms with Crippen LogP contribution < -0.4 is 0 Å². The molecule has 4 heteroatoms. The highest BCUT2D eigenvalue weighted by Crippen LogP contribution is 2.41. The van der Waals surface area contributed by atoms with Gasteiger partial charge in [-0.25, -0.2) is 0 Å². The number of benzene rings is 2. The molecule has 2 aromatic rings. The lowest BCUT2D eigenvalue weighted by molar-refractivity contribution is 0.00578. The summed E-state index contributed by atoms with van der Waals surface area (Å²) in [6.07, 6.45) is 1.92. The molecule has 2 aromatic carbocycles. The molecule has 160 valence electrons. The van der Waals surface area contributed by atoms with Crippen molar-refractivity contribution in [1.82, 2.24) is 4.90 Å². The van der Waals surface area contributed by atoms with Crippen LogP contribution in [0.2, 0.25) is 0 Å². The summed E-state index contributed by atoms with van der Waals surface area (Å²) in [6.45, 7) is 11.7. The number of allylic oxidation sites excluding steroid dienone is 1. The van der Waals surface area contributed by atoms with Crippen LogP contribution in [0.3, 0.4) is 0 Å². The van der Waals surface area contributed by atoms with E-state index in [-0.39, 0.29) is 18.3 Å². The lowest BCUT2D eigenvalue weighted by Gasteiger charge is -2.32. The molecule has 0 atom stereocenters. The maximum Gasteiger partial charge on any atom is 0.491 e. The Labute approximate surface area is 183 Å². The smallest absolute Gasteiger partial charge is 0.400 e. The lowest BCUT2D eigenvalue weighted by Crippen LogP contribution is -2.41. The fraction of sp³-hybridized carbons (Fsp3) is 0.462. The van der Waals surface area contributed by atoms with Gasteiger partial charge in [-0.1, -0.05) is 61.5 Å². The van der Waals surface area contributed by atoms with Crippen molar-refractivity contribution >= 4 is 12.7 Å². The average Bonchev–Trinajstić information content (AvgIpc) is 2.92. The van der Waals surface area contributed by atoms with E-state index < -0.39 is 0 Å². The average molecular weight is 405 g/mol. The van der Waals surface area contributed by atoms with Crippen LogP contribution >= 0.6 is 0 Å². The van der Waals surface area contributed by atoms with Crippen LogP contribution in [0.4, 0.5) is 0 Å². The number of rotatable bonds is 7. The standard InChI is InChI=1S/C26H36BNO2/c1-8-23(27-29-25(2,3)26(4,5)30-27)24(21-12-10-9-11-13-21)22-16-14-20(15-17-22)18-19-28(6)7/h9-17H,8,18-19H2,1-7H3/b24-23-. The SMILES string of the molecule is CC/C(B1OC(C)(C)C(C)(C)O1)=C(\c1ccccc1)c1ccc(CCN(C)C)cc1. The summed E-state index contributed by atoms with van der Waals surface area (Å²) >= 11 is 0. The second-order valence-corrected chi connectivity index (χ2v) is 9.46. The minimum atomic E-state index is -0.351. The third kappa shape index (κ3) is 4.88. The van der Waals surface area contributed by atoms with Crippen LogP contribution in [-0.4, -0.2) is 43.9 Å². The first-order valence-corrected chi connectivity index (χ1v) is 11.0. The van der Waals surface area contributed by atoms with Crippen LogP contribution in [0.5, 0.6) is 0 Å². The lowest BCUT2D eigenvalue weighted by atomic mass is 9.71. The molecule has 1 aliphatic heterocycles. The van der Waals surface area contributed by atoms with Crippen molar-refractivity contribution in [1.29, 1.82) is 0 Å². The van der Waals surface area contributed by atoms with Crippen molar-refractivity contribution in [3.05, 3.63) is 76.8 Å². The number of likely N-dealkylation sites (N-methyl/N-ethyl adjacent to an activating group) is 1. The molecule has 0 unspecified atom stereocenters. The van der Waals surface area contributed by atoms with Crippen molar-refractivity contribution in [3.8, 4) is 0 Å². The molecular weight excluding hydrogens is 369 g/mol. The Balaban J connectivity index is 2.04. The van der Waals surface area contributed by atoms with E-state index in [9.17, 15) is 0 Å². The van der Waals surface area contributed by atoms with Gasteiger partial charge < -0.3 is 14.2 Å². The molecule has 0 radical (unpaired) electrons. The van der Waals surface area contributed by atoms with Crippen molar-refractivity contribution in [2.45, 2.75) is 58.7 Å². The Morgan fingerprint density at radius 3 is 1.87 bits per heavy atom. The molecule has 0 aromatic heterocycles. The summed E-state index contributed by atoms with van der Waals surface area (Å²) in [6, 6.07) is 19.6. The molecule has 1 aliphatic rings. The van der Waals surface area contributed by atoms with Crippen LogP contribution in [0.15, 0.2) is 60.1 Å². The highest BCUT2D eigenvalue weighted by atomic mass is 16.7. The fourth-order valence-corrected chi connectivity index (χ4v) is 3.78. The minimum Gasteiger partial charge on any atom is -0.400 e. The van der Waals surface area contributed by atoms with Crippen molar-refractivity contribution in [3.63, 3.8) is 0 Å². The Morgan fingerprint density at radius 1 is 0.833 bits per heavy atom. The Hall–Kier alpha value is -1.88. The Kier molecular flexibility index (Phi) is 6.91. The summed E-state index contributed by atoms with van der Waals surface area (Å²) in [5, 5.41) is 0. The van der Waals surface area contributed by atoms with Gasteiger partial charge in [0.1, 0.15) is 0 Å². The number of nitrogens with zero attached hydrogens (tertiary/aromatic N) is 1. The second kappa shape index (κ2) is 9.09. The highest BCUT2D eigenvalue weighted by molar-refractivity contribution is 6.56. The van der Waals surface area contributed by atoms with Gasteiger partial charge in [0.05, 0.1) is 11.2 Å². The molecule has 3 nitrogen and oxygen atoms in total. The van der Waals surface area contributed by atoms with Crippen LogP contribution in [-0.2, 0) is 15.7 Å². The Bertz CT molecular complexity index is 854. The van der Waals surface area contributed by atoms with Gasteiger partial charge in [-0.15, -0.1) is 0 Å². The molecule has 0 aliphatic carbocycles. The zero-order valence-electron chi connectivity index (χ0n) is 19.7. The van der Waals surface area contributed by atoms with Gasteiger partial charge in [0.2, 0.25) is 0 Å². The molecule has 0 spiro atoms. The van der Waals surface area contributed by atoms with Gasteiger partial charge >= 0.3 is 7.12 Å². The summed E-state index contributed by atoms with van der Waals surface area (Å²) in [5.41, 5.74) is 5.47. The van der Waals surface area contributed by atoms with Crippen molar-refractivity contribution < 1.29 is 9.31 Å². The van der Waals surface area contributed by atoms with Gasteiger partial charge in [-0.2, -0.15) is 0 Å². The van der Waals surface area contributed by atoms with Crippen LogP contribution in [0.1, 0.15) is 57.7 Å². The summed E-state index contributed by atoms with van der Waals surface area (Å²) < 4.78 is 12.9. The van der Waals surface area contributed by atoms with Crippen LogP contribution in [0, 0.1) is 0 Å². The molecule has 0 bridgehead atoms. The molecule has 30 heavy (non-hydrogen) atoms. The van der Waals surface area contributed by atoms with E-state index in [0.29, 0.717) is 0 Å². The largest absolute Gasteiger partial charge is 0.491 e. The highest BCUT2D eigenvalue weighted by Gasteiger charge is 2.52. The van der Waals surface area contributed by atoms with E-state index in [2.05, 4.69) is 108 Å². The maximum atomic E-state index is 6.44. The molecule has 1 saturated heterocycles. The minimum absolute atomic E-state index is 0.344. The van der Waals surface area contributed by atoms with E-state index >= 15 is 0 Å². The van der Waals surface area contributed by atoms with Crippen molar-refractivity contribution in [2.75, 3.05) is 20.6 Å². The molecular formula is C26H36BNO2. The van der Waals surface area contributed by atoms with Crippen LogP contribution in [0.25, 0.3) is 5.57 Å². The molecule has 0 N–H and O–H groups in total. The second-order valence-electron chi connectivity index (χ2n) is 9.46. The van der Waals surface area contributed by atoms with Crippen molar-refractivity contribution in [2.24, 2.45) is 0 Å². The normalized spacial score (nSPS) is 18.6.